The number of aryl methyl sites for hydroxylation is 1. The molecule has 0 bridgehead atoms. The molecule has 2 rings (SSSR count). The van der Waals surface area contributed by atoms with Gasteiger partial charge < -0.3 is 10.0 Å². The molecule has 5 heteroatoms. The lowest BCUT2D eigenvalue weighted by Gasteiger charge is -2.25. The second kappa shape index (κ2) is 5.44. The fourth-order valence-corrected chi connectivity index (χ4v) is 3.06. The summed E-state index contributed by atoms with van der Waals surface area (Å²) in [5.74, 6) is 0. The molecule has 0 amide bonds. The minimum absolute atomic E-state index is 0.181. The van der Waals surface area contributed by atoms with Crippen LogP contribution in [0, 0.1) is 6.92 Å². The van der Waals surface area contributed by atoms with Crippen LogP contribution in [0.5, 0.6) is 0 Å². The molecular weight excluding hydrogens is 234 g/mol. The first-order valence-corrected chi connectivity index (χ1v) is 6.90. The van der Waals surface area contributed by atoms with Gasteiger partial charge in [0.1, 0.15) is 0 Å². The first-order valence-electron chi connectivity index (χ1n) is 6.02. The van der Waals surface area contributed by atoms with Gasteiger partial charge >= 0.3 is 0 Å². The minimum atomic E-state index is -0.181. The van der Waals surface area contributed by atoms with Crippen LogP contribution < -0.4 is 0 Å². The lowest BCUT2D eigenvalue weighted by Crippen LogP contribution is -2.37. The fourth-order valence-electron chi connectivity index (χ4n) is 2.45. The largest absolute Gasteiger partial charge is 0.392 e. The van der Waals surface area contributed by atoms with Crippen LogP contribution in [0.3, 0.4) is 0 Å². The third-order valence-corrected chi connectivity index (χ3v) is 3.94. The van der Waals surface area contributed by atoms with Gasteiger partial charge in [-0.3, -0.25) is 4.90 Å². The van der Waals surface area contributed by atoms with Gasteiger partial charge in [0.15, 0.2) is 0 Å². The number of hydrogen-bond acceptors (Lipinski definition) is 5. The maximum Gasteiger partial charge on any atom is 0.0897 e. The molecule has 0 saturated carbocycles. The van der Waals surface area contributed by atoms with E-state index in [1.165, 1.54) is 0 Å². The molecule has 1 fully saturated rings. The van der Waals surface area contributed by atoms with Crippen molar-refractivity contribution < 1.29 is 5.11 Å². The van der Waals surface area contributed by atoms with Crippen molar-refractivity contribution in [2.45, 2.75) is 32.0 Å². The van der Waals surface area contributed by atoms with Crippen molar-refractivity contribution in [3.63, 3.8) is 0 Å². The Bertz CT molecular complexity index is 366. The molecule has 2 atom stereocenters. The summed E-state index contributed by atoms with van der Waals surface area (Å²) in [5, 5.41) is 13.0. The molecule has 0 radical (unpaired) electrons. The molecule has 1 saturated heterocycles. The molecule has 0 aliphatic carbocycles. The Balaban J connectivity index is 1.98. The third kappa shape index (κ3) is 3.48. The second-order valence-corrected chi connectivity index (χ2v) is 6.16. The van der Waals surface area contributed by atoms with Crippen LogP contribution in [0.2, 0.25) is 0 Å². The van der Waals surface area contributed by atoms with E-state index in [0.717, 1.165) is 36.8 Å². The highest BCUT2D eigenvalue weighted by atomic mass is 32.1. The topological polar surface area (TPSA) is 39.6 Å². The van der Waals surface area contributed by atoms with Gasteiger partial charge in [0.05, 0.1) is 16.8 Å². The van der Waals surface area contributed by atoms with Crippen molar-refractivity contribution in [2.75, 3.05) is 27.2 Å². The van der Waals surface area contributed by atoms with Crippen molar-refractivity contribution in [3.8, 4) is 0 Å². The summed E-state index contributed by atoms with van der Waals surface area (Å²) in [6.45, 7) is 4.67. The summed E-state index contributed by atoms with van der Waals surface area (Å²) >= 11 is 1.69. The average molecular weight is 255 g/mol. The number of likely N-dealkylation sites (N-methyl/N-ethyl adjacent to an activating group) is 1. The average Bonchev–Trinajstić information content (AvgIpc) is 2.74. The number of aliphatic hydroxyl groups excluding tert-OH is 1. The van der Waals surface area contributed by atoms with E-state index in [1.54, 1.807) is 11.3 Å². The number of aromatic nitrogens is 1. The minimum Gasteiger partial charge on any atom is -0.392 e. The highest BCUT2D eigenvalue weighted by Crippen LogP contribution is 2.21. The zero-order chi connectivity index (χ0) is 12.4. The third-order valence-electron chi connectivity index (χ3n) is 3.11. The molecule has 1 aliphatic rings. The summed E-state index contributed by atoms with van der Waals surface area (Å²) in [4.78, 5) is 9.02. The van der Waals surface area contributed by atoms with E-state index >= 15 is 0 Å². The van der Waals surface area contributed by atoms with Crippen LogP contribution in [0.15, 0.2) is 5.38 Å². The highest BCUT2D eigenvalue weighted by molar-refractivity contribution is 7.09. The van der Waals surface area contributed by atoms with E-state index in [2.05, 4.69) is 34.3 Å². The smallest absolute Gasteiger partial charge is 0.0897 e. The van der Waals surface area contributed by atoms with Crippen molar-refractivity contribution in [2.24, 2.45) is 0 Å². The van der Waals surface area contributed by atoms with Gasteiger partial charge in [-0.25, -0.2) is 4.98 Å². The second-order valence-electron chi connectivity index (χ2n) is 5.09. The molecule has 1 aromatic rings. The number of likely N-dealkylation sites (tertiary alicyclic amines) is 1. The Morgan fingerprint density at radius 1 is 1.59 bits per heavy atom. The monoisotopic (exact) mass is 255 g/mol. The van der Waals surface area contributed by atoms with E-state index in [-0.39, 0.29) is 6.10 Å². The van der Waals surface area contributed by atoms with Crippen molar-refractivity contribution >= 4 is 11.3 Å². The Morgan fingerprint density at radius 3 is 2.94 bits per heavy atom. The van der Waals surface area contributed by atoms with Crippen LogP contribution in [-0.4, -0.2) is 59.2 Å². The van der Waals surface area contributed by atoms with Gasteiger partial charge in [0.25, 0.3) is 0 Å². The molecule has 0 spiro atoms. The predicted molar refractivity (Wildman–Crippen MR) is 70.2 cm³/mol. The van der Waals surface area contributed by atoms with Crippen LogP contribution >= 0.6 is 11.3 Å². The zero-order valence-electron chi connectivity index (χ0n) is 10.8. The molecule has 17 heavy (non-hydrogen) atoms. The zero-order valence-corrected chi connectivity index (χ0v) is 11.6. The number of nitrogens with zero attached hydrogens (tertiary/aromatic N) is 3. The van der Waals surface area contributed by atoms with Gasteiger partial charge in [-0.05, 0) is 27.4 Å². The Kier molecular flexibility index (Phi) is 4.14. The SMILES string of the molecule is Cc1nc(CN2CC(O)CC2CN(C)C)cs1. The van der Waals surface area contributed by atoms with Gasteiger partial charge in [-0.15, -0.1) is 11.3 Å². The van der Waals surface area contributed by atoms with E-state index < -0.39 is 0 Å². The predicted octanol–water partition coefficient (Wildman–Crippen LogP) is 0.948. The first kappa shape index (κ1) is 13.0. The maximum atomic E-state index is 9.79. The molecule has 2 unspecified atom stereocenters. The molecule has 4 nitrogen and oxygen atoms in total. The Labute approximate surface area is 107 Å². The van der Waals surface area contributed by atoms with Gasteiger partial charge in [0, 0.05) is 31.1 Å². The fraction of sp³-hybridized carbons (Fsp3) is 0.750. The van der Waals surface area contributed by atoms with Crippen molar-refractivity contribution in [3.05, 3.63) is 16.1 Å². The lowest BCUT2D eigenvalue weighted by molar-refractivity contribution is 0.168. The summed E-state index contributed by atoms with van der Waals surface area (Å²) in [6.07, 6.45) is 0.695. The van der Waals surface area contributed by atoms with E-state index in [1.807, 2.05) is 6.92 Å². The number of β-amino-alcohol motifs (C(OH)–C–C–N with tert-alkyl or cyclic N) is 1. The summed E-state index contributed by atoms with van der Waals surface area (Å²) in [7, 11) is 4.16. The summed E-state index contributed by atoms with van der Waals surface area (Å²) in [5.41, 5.74) is 1.13. The number of hydrogen-bond donors (Lipinski definition) is 1. The van der Waals surface area contributed by atoms with Crippen LogP contribution in [-0.2, 0) is 6.54 Å². The Hall–Kier alpha value is -0.490. The van der Waals surface area contributed by atoms with Gasteiger partial charge in [0.2, 0.25) is 0 Å². The lowest BCUT2D eigenvalue weighted by atomic mass is 10.2. The van der Waals surface area contributed by atoms with Crippen LogP contribution in [0.25, 0.3) is 0 Å². The number of rotatable bonds is 4. The van der Waals surface area contributed by atoms with Crippen molar-refractivity contribution in [1.82, 2.24) is 14.8 Å². The molecule has 1 aliphatic heterocycles. The van der Waals surface area contributed by atoms with Crippen LogP contribution in [0.4, 0.5) is 0 Å². The first-order chi connectivity index (χ1) is 8.04. The molecule has 0 aromatic carbocycles. The molecule has 96 valence electrons. The Morgan fingerprint density at radius 2 is 2.35 bits per heavy atom. The van der Waals surface area contributed by atoms with Gasteiger partial charge in [-0.1, -0.05) is 0 Å². The number of aliphatic hydroxyl groups is 1. The van der Waals surface area contributed by atoms with E-state index in [0.29, 0.717) is 6.04 Å². The van der Waals surface area contributed by atoms with E-state index in [9.17, 15) is 5.11 Å². The quantitative estimate of drug-likeness (QED) is 0.869. The van der Waals surface area contributed by atoms with Crippen LogP contribution in [0.1, 0.15) is 17.1 Å². The highest BCUT2D eigenvalue weighted by Gasteiger charge is 2.31. The molecule has 2 heterocycles. The summed E-state index contributed by atoms with van der Waals surface area (Å²) < 4.78 is 0. The molecular formula is C12H21N3OS. The molecule has 1 aromatic heterocycles. The summed E-state index contributed by atoms with van der Waals surface area (Å²) in [6, 6.07) is 0.446. The molecule has 1 N–H and O–H groups in total. The number of thiazole rings is 1. The normalized spacial score (nSPS) is 25.9. The standard InChI is InChI=1S/C12H21N3OS/c1-9-13-10(8-17-9)5-15-7-12(16)4-11(15)6-14(2)3/h8,11-12,16H,4-7H2,1-3H3. The maximum absolute atomic E-state index is 9.79. The van der Waals surface area contributed by atoms with E-state index in [4.69, 9.17) is 0 Å². The van der Waals surface area contributed by atoms with Gasteiger partial charge in [-0.2, -0.15) is 0 Å². The van der Waals surface area contributed by atoms with Crippen molar-refractivity contribution in [1.29, 1.82) is 0 Å².